The summed E-state index contributed by atoms with van der Waals surface area (Å²) in [4.78, 5) is 2.59. The summed E-state index contributed by atoms with van der Waals surface area (Å²) in [5.41, 5.74) is 2.89. The maximum Gasteiger partial charge on any atom is 0.0552 e. The van der Waals surface area contributed by atoms with Crippen molar-refractivity contribution in [3.8, 4) is 0 Å². The number of benzene rings is 2. The summed E-state index contributed by atoms with van der Waals surface area (Å²) >= 11 is 0. The monoisotopic (exact) mass is 237 g/mol. The summed E-state index contributed by atoms with van der Waals surface area (Å²) in [7, 11) is 0. The van der Waals surface area contributed by atoms with Crippen molar-refractivity contribution in [3.63, 3.8) is 0 Å². The quantitative estimate of drug-likeness (QED) is 0.720. The SMILES string of the molecule is CCCN1C(c2ccccc2)C1c1ccccc1. The van der Waals surface area contributed by atoms with Gasteiger partial charge in [-0.25, -0.2) is 0 Å². The lowest BCUT2D eigenvalue weighted by molar-refractivity contribution is 0.482. The Balaban J connectivity index is 1.86. The van der Waals surface area contributed by atoms with Gasteiger partial charge in [0.15, 0.2) is 0 Å². The predicted molar refractivity (Wildman–Crippen MR) is 75.4 cm³/mol. The highest BCUT2D eigenvalue weighted by molar-refractivity contribution is 5.34. The van der Waals surface area contributed by atoms with Crippen LogP contribution in [0.1, 0.15) is 36.6 Å². The molecule has 1 fully saturated rings. The van der Waals surface area contributed by atoms with Crippen molar-refractivity contribution in [2.24, 2.45) is 0 Å². The fourth-order valence-corrected chi connectivity index (χ4v) is 2.86. The average molecular weight is 237 g/mol. The Hall–Kier alpha value is -1.60. The van der Waals surface area contributed by atoms with Gasteiger partial charge in [0.2, 0.25) is 0 Å². The highest BCUT2D eigenvalue weighted by Gasteiger charge is 2.48. The van der Waals surface area contributed by atoms with E-state index in [9.17, 15) is 0 Å². The minimum absolute atomic E-state index is 0.577. The van der Waals surface area contributed by atoms with Crippen molar-refractivity contribution < 1.29 is 0 Å². The van der Waals surface area contributed by atoms with Gasteiger partial charge < -0.3 is 0 Å². The fraction of sp³-hybridized carbons (Fsp3) is 0.294. The molecule has 0 radical (unpaired) electrons. The highest BCUT2D eigenvalue weighted by Crippen LogP contribution is 2.54. The van der Waals surface area contributed by atoms with E-state index in [-0.39, 0.29) is 0 Å². The molecule has 2 atom stereocenters. The number of rotatable bonds is 4. The molecule has 18 heavy (non-hydrogen) atoms. The number of hydrogen-bond acceptors (Lipinski definition) is 1. The molecule has 1 aliphatic rings. The van der Waals surface area contributed by atoms with Crippen molar-refractivity contribution in [3.05, 3.63) is 71.8 Å². The van der Waals surface area contributed by atoms with Crippen molar-refractivity contribution in [2.45, 2.75) is 25.4 Å². The van der Waals surface area contributed by atoms with E-state index < -0.39 is 0 Å². The maximum absolute atomic E-state index is 2.59. The summed E-state index contributed by atoms with van der Waals surface area (Å²) in [5.74, 6) is 0. The first-order valence-corrected chi connectivity index (χ1v) is 6.77. The summed E-state index contributed by atoms with van der Waals surface area (Å²) in [6.07, 6.45) is 1.21. The molecule has 1 nitrogen and oxygen atoms in total. The van der Waals surface area contributed by atoms with Crippen molar-refractivity contribution in [1.29, 1.82) is 0 Å². The topological polar surface area (TPSA) is 3.01 Å². The summed E-state index contributed by atoms with van der Waals surface area (Å²) < 4.78 is 0. The number of hydrogen-bond donors (Lipinski definition) is 0. The van der Waals surface area contributed by atoms with Crippen molar-refractivity contribution in [1.82, 2.24) is 4.90 Å². The van der Waals surface area contributed by atoms with E-state index in [2.05, 4.69) is 72.5 Å². The molecule has 0 bridgehead atoms. The second kappa shape index (κ2) is 4.95. The third-order valence-electron chi connectivity index (χ3n) is 3.69. The Bertz CT molecular complexity index is 446. The van der Waals surface area contributed by atoms with Crippen LogP contribution in [0.3, 0.4) is 0 Å². The molecular weight excluding hydrogens is 218 g/mol. The lowest BCUT2D eigenvalue weighted by Crippen LogP contribution is -2.00. The van der Waals surface area contributed by atoms with Gasteiger partial charge in [-0.1, -0.05) is 67.6 Å². The zero-order valence-electron chi connectivity index (χ0n) is 10.8. The van der Waals surface area contributed by atoms with Gasteiger partial charge in [-0.3, -0.25) is 4.90 Å². The third-order valence-corrected chi connectivity index (χ3v) is 3.69. The second-order valence-electron chi connectivity index (χ2n) is 4.95. The van der Waals surface area contributed by atoms with Crippen LogP contribution in [0, 0.1) is 0 Å². The van der Waals surface area contributed by atoms with Gasteiger partial charge in [-0.15, -0.1) is 0 Å². The van der Waals surface area contributed by atoms with Gasteiger partial charge in [-0.05, 0) is 24.1 Å². The molecule has 0 aliphatic carbocycles. The molecule has 0 saturated carbocycles. The van der Waals surface area contributed by atoms with E-state index in [4.69, 9.17) is 0 Å². The Morgan fingerprint density at radius 1 is 0.778 bits per heavy atom. The van der Waals surface area contributed by atoms with Crippen molar-refractivity contribution >= 4 is 0 Å². The Morgan fingerprint density at radius 2 is 1.22 bits per heavy atom. The van der Waals surface area contributed by atoms with Gasteiger partial charge in [0.1, 0.15) is 0 Å². The highest BCUT2D eigenvalue weighted by atomic mass is 15.3. The molecular formula is C17H19N. The van der Waals surface area contributed by atoms with Crippen LogP contribution < -0.4 is 0 Å². The lowest BCUT2D eigenvalue weighted by Gasteiger charge is -2.00. The summed E-state index contributed by atoms with van der Waals surface area (Å²) in [6, 6.07) is 22.9. The first-order valence-electron chi connectivity index (χ1n) is 6.77. The molecule has 0 N–H and O–H groups in total. The molecule has 1 heterocycles. The van der Waals surface area contributed by atoms with Gasteiger partial charge in [0.25, 0.3) is 0 Å². The van der Waals surface area contributed by atoms with Crippen LogP contribution in [0.2, 0.25) is 0 Å². The summed E-state index contributed by atoms with van der Waals surface area (Å²) in [6.45, 7) is 3.43. The second-order valence-corrected chi connectivity index (χ2v) is 4.95. The molecule has 2 unspecified atom stereocenters. The Kier molecular flexibility index (Phi) is 3.16. The van der Waals surface area contributed by atoms with Crippen LogP contribution in [0.25, 0.3) is 0 Å². The van der Waals surface area contributed by atoms with Crippen LogP contribution in [0.5, 0.6) is 0 Å². The minimum Gasteiger partial charge on any atom is -0.286 e. The molecule has 0 spiro atoms. The van der Waals surface area contributed by atoms with E-state index in [0.717, 1.165) is 0 Å². The average Bonchev–Trinajstić information content (AvgIpc) is 3.15. The van der Waals surface area contributed by atoms with E-state index in [1.807, 2.05) is 0 Å². The normalized spacial score (nSPS) is 25.9. The molecule has 1 aliphatic heterocycles. The van der Waals surface area contributed by atoms with Crippen molar-refractivity contribution in [2.75, 3.05) is 6.54 Å². The molecule has 2 aromatic rings. The van der Waals surface area contributed by atoms with Crippen LogP contribution in [0.4, 0.5) is 0 Å². The zero-order chi connectivity index (χ0) is 12.4. The standard InChI is InChI=1S/C17H19N/c1-2-13-18-16(14-9-5-3-6-10-14)17(18)15-11-7-4-8-12-15/h3-12,16-17H,2,13H2,1H3. The lowest BCUT2D eigenvalue weighted by atomic mass is 10.0. The van der Waals surface area contributed by atoms with E-state index in [0.29, 0.717) is 12.1 Å². The van der Waals surface area contributed by atoms with Gasteiger partial charge in [0.05, 0.1) is 12.1 Å². The molecule has 0 aromatic heterocycles. The molecule has 1 saturated heterocycles. The zero-order valence-corrected chi connectivity index (χ0v) is 10.8. The minimum atomic E-state index is 0.577. The fourth-order valence-electron chi connectivity index (χ4n) is 2.86. The van der Waals surface area contributed by atoms with Crippen LogP contribution in [0.15, 0.2) is 60.7 Å². The molecule has 1 heteroatoms. The molecule has 2 aromatic carbocycles. The van der Waals surface area contributed by atoms with Crippen LogP contribution >= 0.6 is 0 Å². The van der Waals surface area contributed by atoms with Crippen LogP contribution in [-0.4, -0.2) is 11.4 Å². The van der Waals surface area contributed by atoms with Crippen LogP contribution in [-0.2, 0) is 0 Å². The smallest absolute Gasteiger partial charge is 0.0552 e. The van der Waals surface area contributed by atoms with E-state index in [1.54, 1.807) is 0 Å². The van der Waals surface area contributed by atoms with Gasteiger partial charge in [-0.2, -0.15) is 0 Å². The Labute approximate surface area is 109 Å². The Morgan fingerprint density at radius 3 is 1.61 bits per heavy atom. The molecule has 3 rings (SSSR count). The largest absolute Gasteiger partial charge is 0.286 e. The van der Waals surface area contributed by atoms with E-state index in [1.165, 1.54) is 24.1 Å². The first-order chi connectivity index (χ1) is 8.92. The maximum atomic E-state index is 2.59. The first kappa shape index (κ1) is 11.5. The van der Waals surface area contributed by atoms with Gasteiger partial charge >= 0.3 is 0 Å². The molecule has 0 amide bonds. The molecule has 92 valence electrons. The van der Waals surface area contributed by atoms with E-state index >= 15 is 0 Å². The third kappa shape index (κ3) is 2.06. The predicted octanol–water partition coefficient (Wildman–Crippen LogP) is 4.19. The van der Waals surface area contributed by atoms with Gasteiger partial charge in [0, 0.05) is 0 Å². The summed E-state index contributed by atoms with van der Waals surface area (Å²) in [5, 5.41) is 0. The number of nitrogens with zero attached hydrogens (tertiary/aromatic N) is 1.